The first-order valence-corrected chi connectivity index (χ1v) is 12.3. The first kappa shape index (κ1) is 26.6. The lowest BCUT2D eigenvalue weighted by molar-refractivity contribution is -0.150. The second-order valence-corrected chi connectivity index (χ2v) is 9.67. The van der Waals surface area contributed by atoms with E-state index >= 15 is 0 Å². The smallest absolute Gasteiger partial charge is 0.309 e. The first-order chi connectivity index (χ1) is 16.5. The van der Waals surface area contributed by atoms with Gasteiger partial charge in [0.15, 0.2) is 0 Å². The predicted molar refractivity (Wildman–Crippen MR) is 138 cm³/mol. The van der Waals surface area contributed by atoms with E-state index in [1.54, 1.807) is 6.07 Å². The van der Waals surface area contributed by atoms with Crippen LogP contribution in [0.5, 0.6) is 11.5 Å². The van der Waals surface area contributed by atoms with Crippen molar-refractivity contribution in [2.75, 3.05) is 0 Å². The fourth-order valence-electron chi connectivity index (χ4n) is 3.90. The molecule has 6 nitrogen and oxygen atoms in total. The molecule has 2 unspecified atom stereocenters. The van der Waals surface area contributed by atoms with E-state index in [9.17, 15) is 9.59 Å². The van der Waals surface area contributed by atoms with Crippen LogP contribution >= 0.6 is 11.6 Å². The largest absolute Gasteiger partial charge is 0.489 e. The molecule has 0 heterocycles. The third kappa shape index (κ3) is 7.01. The molecule has 0 spiro atoms. The molecule has 0 aliphatic heterocycles. The van der Waals surface area contributed by atoms with Gasteiger partial charge in [-0.2, -0.15) is 0 Å². The minimum atomic E-state index is -0.427. The molecule has 3 rings (SSSR count). The average molecular weight is 501 g/mol. The molecule has 3 aromatic carbocycles. The Bertz CT molecular complexity index is 1200. The molecule has 0 bridgehead atoms. The molecule has 0 fully saturated rings. The Hall–Kier alpha value is -2.99. The Morgan fingerprint density at radius 2 is 1.11 bits per heavy atom. The number of hydrogen-bond acceptors (Lipinski definition) is 6. The van der Waals surface area contributed by atoms with Gasteiger partial charge in [0.2, 0.25) is 0 Å². The van der Waals surface area contributed by atoms with E-state index in [1.807, 2.05) is 77.9 Å². The third-order valence-corrected chi connectivity index (χ3v) is 5.40. The predicted octanol–water partition coefficient (Wildman–Crippen LogP) is 6.86. The van der Waals surface area contributed by atoms with Gasteiger partial charge in [0.25, 0.3) is 0 Å². The summed E-state index contributed by atoms with van der Waals surface area (Å²) < 4.78 is 23.2. The maximum Gasteiger partial charge on any atom is 0.309 e. The van der Waals surface area contributed by atoms with Crippen LogP contribution in [0.2, 0.25) is 5.02 Å². The number of carbonyl (C=O) groups is 2. The molecule has 0 saturated heterocycles. The van der Waals surface area contributed by atoms with E-state index in [4.69, 9.17) is 30.5 Å². The van der Waals surface area contributed by atoms with E-state index in [2.05, 4.69) is 0 Å². The van der Waals surface area contributed by atoms with Gasteiger partial charge in [-0.15, -0.1) is 0 Å². The number of rotatable bonds is 10. The summed E-state index contributed by atoms with van der Waals surface area (Å²) >= 11 is 6.36. The maximum atomic E-state index is 12.2. The van der Waals surface area contributed by atoms with E-state index in [-0.39, 0.29) is 37.0 Å². The van der Waals surface area contributed by atoms with Crippen molar-refractivity contribution in [2.45, 2.75) is 78.8 Å². The number of benzene rings is 3. The second-order valence-electron chi connectivity index (χ2n) is 9.24. The minimum absolute atomic E-state index is 0.113. The van der Waals surface area contributed by atoms with Crippen LogP contribution in [-0.2, 0) is 19.1 Å². The number of ether oxygens (including phenoxy) is 4. The summed E-state index contributed by atoms with van der Waals surface area (Å²) in [4.78, 5) is 24.4. The van der Waals surface area contributed by atoms with Crippen molar-refractivity contribution >= 4 is 45.1 Å². The van der Waals surface area contributed by atoms with Gasteiger partial charge in [0, 0.05) is 26.6 Å². The van der Waals surface area contributed by atoms with Crippen LogP contribution in [0.1, 0.15) is 54.4 Å². The van der Waals surface area contributed by atoms with Crippen LogP contribution in [0.25, 0.3) is 21.5 Å². The van der Waals surface area contributed by atoms with Gasteiger partial charge in [0.05, 0.1) is 25.0 Å². The van der Waals surface area contributed by atoms with Crippen molar-refractivity contribution in [1.29, 1.82) is 0 Å². The standard InChI is InChI=1S/C28H33ClO6/c1-16(2)32-25(30)13-18(5)34-27-21-9-7-8-10-22(21)28(24-15-20(29)11-12-23(24)27)35-19(6)14-26(31)33-17(3)4/h7-12,15-19H,13-14H2,1-6H3. The van der Waals surface area contributed by atoms with Gasteiger partial charge < -0.3 is 18.9 Å². The van der Waals surface area contributed by atoms with Crippen molar-refractivity contribution in [3.05, 3.63) is 47.5 Å². The lowest BCUT2D eigenvalue weighted by Gasteiger charge is -2.23. The lowest BCUT2D eigenvalue weighted by atomic mass is 10.00. The van der Waals surface area contributed by atoms with Gasteiger partial charge in [-0.25, -0.2) is 0 Å². The SMILES string of the molecule is CC(C)OC(=O)CC(C)Oc1c2ccccc2c(OC(C)CC(=O)OC(C)C)c2cc(Cl)ccc12. The van der Waals surface area contributed by atoms with Crippen molar-refractivity contribution < 1.29 is 28.5 Å². The molecule has 0 N–H and O–H groups in total. The lowest BCUT2D eigenvalue weighted by Crippen LogP contribution is -2.22. The topological polar surface area (TPSA) is 71.1 Å². The number of hydrogen-bond donors (Lipinski definition) is 0. The van der Waals surface area contributed by atoms with Crippen molar-refractivity contribution in [3.63, 3.8) is 0 Å². The summed E-state index contributed by atoms with van der Waals surface area (Å²) in [6.07, 6.45) is -0.985. The molecular formula is C28H33ClO6. The van der Waals surface area contributed by atoms with Crippen LogP contribution in [0, 0.1) is 0 Å². The Labute approximate surface area is 211 Å². The van der Waals surface area contributed by atoms with E-state index < -0.39 is 12.2 Å². The van der Waals surface area contributed by atoms with Gasteiger partial charge >= 0.3 is 11.9 Å². The molecule has 0 amide bonds. The zero-order chi connectivity index (χ0) is 25.7. The highest BCUT2D eigenvalue weighted by atomic mass is 35.5. The van der Waals surface area contributed by atoms with Crippen LogP contribution in [0.3, 0.4) is 0 Å². The van der Waals surface area contributed by atoms with Crippen molar-refractivity contribution in [1.82, 2.24) is 0 Å². The molecule has 0 radical (unpaired) electrons. The summed E-state index contributed by atoms with van der Waals surface area (Å²) in [6.45, 7) is 10.9. The second kappa shape index (κ2) is 11.6. The Morgan fingerprint density at radius 3 is 1.57 bits per heavy atom. The summed E-state index contributed by atoms with van der Waals surface area (Å²) in [5, 5.41) is 3.75. The molecule has 0 aromatic heterocycles. The number of esters is 2. The molecule has 0 saturated carbocycles. The normalized spacial score (nSPS) is 13.2. The number of carbonyl (C=O) groups excluding carboxylic acids is 2. The summed E-state index contributed by atoms with van der Waals surface area (Å²) in [5.74, 6) is 0.617. The van der Waals surface area contributed by atoms with Crippen molar-refractivity contribution in [3.8, 4) is 11.5 Å². The van der Waals surface area contributed by atoms with Crippen LogP contribution in [0.15, 0.2) is 42.5 Å². The molecular weight excluding hydrogens is 468 g/mol. The van der Waals surface area contributed by atoms with Crippen molar-refractivity contribution in [2.24, 2.45) is 0 Å². The molecule has 3 aromatic rings. The van der Waals surface area contributed by atoms with Crippen LogP contribution in [-0.4, -0.2) is 36.4 Å². The Balaban J connectivity index is 2.03. The third-order valence-electron chi connectivity index (χ3n) is 5.17. The highest BCUT2D eigenvalue weighted by molar-refractivity contribution is 6.31. The highest BCUT2D eigenvalue weighted by Crippen LogP contribution is 2.44. The number of halogens is 1. The molecule has 35 heavy (non-hydrogen) atoms. The Morgan fingerprint density at radius 1 is 0.686 bits per heavy atom. The molecule has 0 aliphatic carbocycles. The number of fused-ring (bicyclic) bond motifs is 2. The fourth-order valence-corrected chi connectivity index (χ4v) is 4.07. The zero-order valence-electron chi connectivity index (χ0n) is 21.1. The van der Waals surface area contributed by atoms with Gasteiger partial charge in [-0.05, 0) is 59.7 Å². The quantitative estimate of drug-likeness (QED) is 0.223. The monoisotopic (exact) mass is 500 g/mol. The average Bonchev–Trinajstić information content (AvgIpc) is 2.74. The highest BCUT2D eigenvalue weighted by Gasteiger charge is 2.22. The molecule has 0 aliphatic rings. The van der Waals surface area contributed by atoms with E-state index in [0.29, 0.717) is 16.5 Å². The molecule has 188 valence electrons. The first-order valence-electron chi connectivity index (χ1n) is 11.9. The van der Waals surface area contributed by atoms with Gasteiger partial charge in [-0.3, -0.25) is 9.59 Å². The molecule has 7 heteroatoms. The maximum absolute atomic E-state index is 12.2. The molecule has 2 atom stereocenters. The van der Waals surface area contributed by atoms with E-state index in [0.717, 1.165) is 21.5 Å². The van der Waals surface area contributed by atoms with Gasteiger partial charge in [-0.1, -0.05) is 35.9 Å². The van der Waals surface area contributed by atoms with E-state index in [1.165, 1.54) is 0 Å². The minimum Gasteiger partial charge on any atom is -0.489 e. The summed E-state index contributed by atoms with van der Waals surface area (Å²) in [5.41, 5.74) is 0. The van der Waals surface area contributed by atoms with Crippen LogP contribution in [0.4, 0.5) is 0 Å². The summed E-state index contributed by atoms with van der Waals surface area (Å²) in [6, 6.07) is 13.2. The van der Waals surface area contributed by atoms with Gasteiger partial charge in [0.1, 0.15) is 23.7 Å². The summed E-state index contributed by atoms with van der Waals surface area (Å²) in [7, 11) is 0. The fraction of sp³-hybridized carbons (Fsp3) is 0.429. The zero-order valence-corrected chi connectivity index (χ0v) is 21.8. The van der Waals surface area contributed by atoms with Crippen LogP contribution < -0.4 is 9.47 Å². The Kier molecular flexibility index (Phi) is 8.84.